The number of hydrogen-bond acceptors (Lipinski definition) is 2. The summed E-state index contributed by atoms with van der Waals surface area (Å²) in [5.41, 5.74) is 2.83. The van der Waals surface area contributed by atoms with Gasteiger partial charge >= 0.3 is 0 Å². The Labute approximate surface area is 124 Å². The molecule has 0 aromatic heterocycles. The molecule has 2 atom stereocenters. The minimum atomic E-state index is 0.716. The normalized spacial score (nSPS) is 23.6. The molecule has 1 aliphatic heterocycles. The summed E-state index contributed by atoms with van der Waals surface area (Å²) < 4.78 is 0. The summed E-state index contributed by atoms with van der Waals surface area (Å²) in [4.78, 5) is 2.61. The lowest BCUT2D eigenvalue weighted by atomic mass is 10.1. The first-order valence-electron chi connectivity index (χ1n) is 8.07. The Morgan fingerprint density at radius 2 is 1.80 bits per heavy atom. The van der Waals surface area contributed by atoms with Crippen LogP contribution in [0.2, 0.25) is 0 Å². The predicted octanol–water partition coefficient (Wildman–Crippen LogP) is 3.66. The molecule has 2 rings (SSSR count). The number of nitrogens with zero attached hydrogens (tertiary/aromatic N) is 1. The maximum Gasteiger partial charge on any atom is 0.0236 e. The zero-order chi connectivity index (χ0) is 14.5. The molecule has 0 aliphatic carbocycles. The lowest BCUT2D eigenvalue weighted by molar-refractivity contribution is 0.256. The van der Waals surface area contributed by atoms with Crippen molar-refractivity contribution in [3.05, 3.63) is 35.4 Å². The zero-order valence-electron chi connectivity index (χ0n) is 13.5. The molecule has 1 aliphatic rings. The second kappa shape index (κ2) is 7.24. The van der Waals surface area contributed by atoms with Crippen LogP contribution in [0.3, 0.4) is 0 Å². The molecule has 1 N–H and O–H groups in total. The minimum Gasteiger partial charge on any atom is -0.312 e. The van der Waals surface area contributed by atoms with Gasteiger partial charge in [-0.15, -0.1) is 0 Å². The van der Waals surface area contributed by atoms with E-state index in [-0.39, 0.29) is 0 Å². The van der Waals surface area contributed by atoms with Crippen molar-refractivity contribution in [2.75, 3.05) is 13.1 Å². The fourth-order valence-electron chi connectivity index (χ4n) is 3.11. The van der Waals surface area contributed by atoms with Crippen molar-refractivity contribution in [1.29, 1.82) is 0 Å². The molecule has 0 spiro atoms. The second-order valence-corrected chi connectivity index (χ2v) is 6.96. The Kier molecular flexibility index (Phi) is 5.62. The molecule has 0 radical (unpaired) electrons. The summed E-state index contributed by atoms with van der Waals surface area (Å²) >= 11 is 0. The van der Waals surface area contributed by atoms with Gasteiger partial charge in [0.25, 0.3) is 0 Å². The molecule has 112 valence electrons. The third kappa shape index (κ3) is 4.60. The van der Waals surface area contributed by atoms with Crippen LogP contribution in [-0.2, 0) is 13.1 Å². The van der Waals surface area contributed by atoms with Crippen molar-refractivity contribution in [3.8, 4) is 0 Å². The molecule has 0 saturated carbocycles. The quantitative estimate of drug-likeness (QED) is 0.851. The third-order valence-corrected chi connectivity index (χ3v) is 4.20. The second-order valence-electron chi connectivity index (χ2n) is 6.96. The third-order valence-electron chi connectivity index (χ3n) is 4.20. The Hall–Kier alpha value is -0.860. The van der Waals surface area contributed by atoms with Crippen molar-refractivity contribution in [2.24, 2.45) is 11.8 Å². The first kappa shape index (κ1) is 15.5. The van der Waals surface area contributed by atoms with Crippen molar-refractivity contribution in [1.82, 2.24) is 10.2 Å². The number of hydrogen-bond donors (Lipinski definition) is 1. The van der Waals surface area contributed by atoms with Crippen molar-refractivity contribution in [3.63, 3.8) is 0 Å². The van der Waals surface area contributed by atoms with Gasteiger partial charge in [0.1, 0.15) is 0 Å². The van der Waals surface area contributed by atoms with E-state index in [0.29, 0.717) is 5.92 Å². The molecule has 1 aromatic carbocycles. The van der Waals surface area contributed by atoms with Crippen LogP contribution in [-0.4, -0.2) is 24.0 Å². The van der Waals surface area contributed by atoms with Crippen LogP contribution >= 0.6 is 0 Å². The van der Waals surface area contributed by atoms with Crippen LogP contribution in [0.15, 0.2) is 24.3 Å². The van der Waals surface area contributed by atoms with E-state index in [2.05, 4.69) is 62.2 Å². The Morgan fingerprint density at radius 1 is 1.15 bits per heavy atom. The van der Waals surface area contributed by atoms with E-state index >= 15 is 0 Å². The largest absolute Gasteiger partial charge is 0.312 e. The molecule has 0 amide bonds. The Balaban J connectivity index is 1.82. The van der Waals surface area contributed by atoms with Gasteiger partial charge in [-0.3, -0.25) is 4.90 Å². The standard InChI is InChI=1S/C18H30N2/c1-14(2)10-19-11-17-5-7-18(8-6-17)13-20-12-15(3)9-16(20)4/h5-8,14-16,19H,9-13H2,1-4H3. The van der Waals surface area contributed by atoms with E-state index in [0.717, 1.165) is 31.6 Å². The van der Waals surface area contributed by atoms with Crippen LogP contribution in [0.4, 0.5) is 0 Å². The van der Waals surface area contributed by atoms with Gasteiger partial charge in [-0.05, 0) is 42.9 Å². The first-order chi connectivity index (χ1) is 9.54. The summed E-state index contributed by atoms with van der Waals surface area (Å²) in [5.74, 6) is 1.57. The summed E-state index contributed by atoms with van der Waals surface area (Å²) in [6, 6.07) is 9.86. The van der Waals surface area contributed by atoms with Gasteiger partial charge in [0, 0.05) is 25.7 Å². The number of rotatable bonds is 6. The maximum absolute atomic E-state index is 3.50. The Bertz CT molecular complexity index is 396. The topological polar surface area (TPSA) is 15.3 Å². The highest BCUT2D eigenvalue weighted by atomic mass is 15.2. The minimum absolute atomic E-state index is 0.716. The molecule has 1 saturated heterocycles. The van der Waals surface area contributed by atoms with Crippen LogP contribution < -0.4 is 5.32 Å². The van der Waals surface area contributed by atoms with Gasteiger partial charge in [-0.1, -0.05) is 45.0 Å². The SMILES string of the molecule is CC(C)CNCc1ccc(CN2CC(C)CC2C)cc1. The van der Waals surface area contributed by atoms with E-state index < -0.39 is 0 Å². The molecule has 2 heteroatoms. The lowest BCUT2D eigenvalue weighted by Gasteiger charge is -2.21. The molecule has 1 fully saturated rings. The molecule has 2 nitrogen and oxygen atoms in total. The molecule has 0 bridgehead atoms. The summed E-state index contributed by atoms with van der Waals surface area (Å²) in [5, 5.41) is 3.50. The van der Waals surface area contributed by atoms with Gasteiger partial charge in [0.05, 0.1) is 0 Å². The molecule has 20 heavy (non-hydrogen) atoms. The summed E-state index contributed by atoms with van der Waals surface area (Å²) in [7, 11) is 0. The molecule has 1 heterocycles. The highest BCUT2D eigenvalue weighted by Gasteiger charge is 2.25. The van der Waals surface area contributed by atoms with Crippen molar-refractivity contribution < 1.29 is 0 Å². The number of benzene rings is 1. The maximum atomic E-state index is 3.50. The van der Waals surface area contributed by atoms with Crippen LogP contribution in [0.1, 0.15) is 45.2 Å². The van der Waals surface area contributed by atoms with Gasteiger partial charge < -0.3 is 5.32 Å². The number of likely N-dealkylation sites (tertiary alicyclic amines) is 1. The zero-order valence-corrected chi connectivity index (χ0v) is 13.5. The van der Waals surface area contributed by atoms with Crippen molar-refractivity contribution >= 4 is 0 Å². The Morgan fingerprint density at radius 3 is 2.35 bits per heavy atom. The van der Waals surface area contributed by atoms with Crippen LogP contribution in [0.25, 0.3) is 0 Å². The average Bonchev–Trinajstić information content (AvgIpc) is 2.69. The van der Waals surface area contributed by atoms with Gasteiger partial charge in [-0.25, -0.2) is 0 Å². The summed E-state index contributed by atoms with van der Waals surface area (Å²) in [6.45, 7) is 13.6. The molecule has 2 unspecified atom stereocenters. The fraction of sp³-hybridized carbons (Fsp3) is 0.667. The number of nitrogens with one attached hydrogen (secondary N) is 1. The summed E-state index contributed by atoms with van der Waals surface area (Å²) in [6.07, 6.45) is 1.34. The van der Waals surface area contributed by atoms with E-state index in [4.69, 9.17) is 0 Å². The molecule has 1 aromatic rings. The van der Waals surface area contributed by atoms with E-state index in [1.54, 1.807) is 0 Å². The van der Waals surface area contributed by atoms with Crippen molar-refractivity contribution in [2.45, 2.75) is 53.2 Å². The van der Waals surface area contributed by atoms with Crippen LogP contribution in [0.5, 0.6) is 0 Å². The van der Waals surface area contributed by atoms with E-state index in [1.165, 1.54) is 24.1 Å². The van der Waals surface area contributed by atoms with Gasteiger partial charge in [0.2, 0.25) is 0 Å². The van der Waals surface area contributed by atoms with E-state index in [9.17, 15) is 0 Å². The average molecular weight is 274 g/mol. The van der Waals surface area contributed by atoms with Gasteiger partial charge in [-0.2, -0.15) is 0 Å². The van der Waals surface area contributed by atoms with Crippen LogP contribution in [0, 0.1) is 11.8 Å². The highest BCUT2D eigenvalue weighted by Crippen LogP contribution is 2.24. The predicted molar refractivity (Wildman–Crippen MR) is 86.6 cm³/mol. The highest BCUT2D eigenvalue weighted by molar-refractivity contribution is 5.22. The molecular formula is C18H30N2. The lowest BCUT2D eigenvalue weighted by Crippen LogP contribution is -2.26. The van der Waals surface area contributed by atoms with Gasteiger partial charge in [0.15, 0.2) is 0 Å². The smallest absolute Gasteiger partial charge is 0.0236 e. The first-order valence-corrected chi connectivity index (χ1v) is 8.07. The monoisotopic (exact) mass is 274 g/mol. The van der Waals surface area contributed by atoms with E-state index in [1.807, 2.05) is 0 Å². The molecular weight excluding hydrogens is 244 g/mol. The fourth-order valence-corrected chi connectivity index (χ4v) is 3.11.